The van der Waals surface area contributed by atoms with E-state index in [0.717, 1.165) is 5.56 Å². The van der Waals surface area contributed by atoms with Crippen molar-refractivity contribution in [3.8, 4) is 11.5 Å². The van der Waals surface area contributed by atoms with E-state index in [1.165, 1.54) is 23.1 Å². The van der Waals surface area contributed by atoms with Gasteiger partial charge in [-0.2, -0.15) is 0 Å². The number of benzene rings is 2. The van der Waals surface area contributed by atoms with Crippen LogP contribution in [0.4, 0.5) is 5.69 Å². The average molecular weight is 430 g/mol. The highest BCUT2D eigenvalue weighted by Crippen LogP contribution is 2.28. The number of ether oxygens (including phenoxy) is 3. The third-order valence-corrected chi connectivity index (χ3v) is 4.69. The zero-order valence-electron chi connectivity index (χ0n) is 16.9. The number of nitrogens with zero attached hydrogens (tertiary/aromatic N) is 2. The molecule has 10 nitrogen and oxygen atoms in total. The number of aliphatic carboxylic acids is 1. The first kappa shape index (κ1) is 22.0. The van der Waals surface area contributed by atoms with E-state index in [4.69, 9.17) is 19.3 Å². The molecule has 1 unspecified atom stereocenters. The molecular formula is C21H22N2O8. The van der Waals surface area contributed by atoms with E-state index in [-0.39, 0.29) is 43.5 Å². The second kappa shape index (κ2) is 9.90. The molecule has 164 valence electrons. The van der Waals surface area contributed by atoms with Crippen LogP contribution in [-0.2, 0) is 16.0 Å². The Hall–Kier alpha value is -3.66. The molecule has 1 N–H and O–H groups in total. The van der Waals surface area contributed by atoms with Crippen molar-refractivity contribution >= 4 is 17.6 Å². The lowest BCUT2D eigenvalue weighted by Gasteiger charge is -2.28. The summed E-state index contributed by atoms with van der Waals surface area (Å²) in [7, 11) is 0. The fourth-order valence-corrected chi connectivity index (χ4v) is 3.10. The summed E-state index contributed by atoms with van der Waals surface area (Å²) in [5.74, 6) is -0.495. The van der Waals surface area contributed by atoms with E-state index in [1.54, 1.807) is 31.2 Å². The number of rotatable bonds is 10. The maximum absolute atomic E-state index is 12.6. The van der Waals surface area contributed by atoms with E-state index < -0.39 is 17.0 Å². The van der Waals surface area contributed by atoms with Gasteiger partial charge in [-0.25, -0.2) is 4.79 Å². The minimum atomic E-state index is -1.01. The van der Waals surface area contributed by atoms with Gasteiger partial charge in [0.1, 0.15) is 18.1 Å². The molecule has 0 spiro atoms. The van der Waals surface area contributed by atoms with Crippen molar-refractivity contribution in [1.82, 2.24) is 4.90 Å². The van der Waals surface area contributed by atoms with Gasteiger partial charge in [-0.3, -0.25) is 14.9 Å². The molecule has 0 bridgehead atoms. The van der Waals surface area contributed by atoms with Crippen molar-refractivity contribution in [3.63, 3.8) is 0 Å². The molecule has 3 rings (SSSR count). The monoisotopic (exact) mass is 430 g/mol. The zero-order valence-corrected chi connectivity index (χ0v) is 16.9. The number of hydrogen-bond donors (Lipinski definition) is 1. The first-order valence-corrected chi connectivity index (χ1v) is 9.65. The molecule has 1 heterocycles. The van der Waals surface area contributed by atoms with Gasteiger partial charge in [0.2, 0.25) is 0 Å². The fourth-order valence-electron chi connectivity index (χ4n) is 3.10. The van der Waals surface area contributed by atoms with Crippen LogP contribution in [0.5, 0.6) is 11.5 Å². The average Bonchev–Trinajstić information content (AvgIpc) is 2.76. The lowest BCUT2D eigenvalue weighted by Crippen LogP contribution is -2.41. The highest BCUT2D eigenvalue weighted by atomic mass is 16.6. The van der Waals surface area contributed by atoms with Crippen LogP contribution in [0.25, 0.3) is 0 Å². The zero-order chi connectivity index (χ0) is 22.4. The van der Waals surface area contributed by atoms with E-state index in [9.17, 15) is 19.7 Å². The number of carboxylic acids is 1. The Labute approximate surface area is 178 Å². The molecule has 1 aliphatic heterocycles. The van der Waals surface area contributed by atoms with Crippen LogP contribution in [0.15, 0.2) is 42.5 Å². The predicted octanol–water partition coefficient (Wildman–Crippen LogP) is 2.50. The quantitative estimate of drug-likeness (QED) is 0.450. The maximum Gasteiger partial charge on any atom is 0.333 e. The van der Waals surface area contributed by atoms with Gasteiger partial charge in [0, 0.05) is 25.2 Å². The van der Waals surface area contributed by atoms with Gasteiger partial charge in [-0.1, -0.05) is 12.1 Å². The third kappa shape index (κ3) is 5.48. The van der Waals surface area contributed by atoms with Crippen LogP contribution in [-0.4, -0.2) is 59.4 Å². The SMILES string of the molecule is CCOC(Cc1ccc(OCCN2COc3ccc([N+](=O)[O-])cc3C2=O)cc1)C(=O)O. The van der Waals surface area contributed by atoms with Gasteiger partial charge in [0.05, 0.1) is 17.0 Å². The number of amides is 1. The molecular weight excluding hydrogens is 408 g/mol. The van der Waals surface area contributed by atoms with Crippen molar-refractivity contribution in [2.75, 3.05) is 26.5 Å². The molecule has 31 heavy (non-hydrogen) atoms. The molecule has 0 saturated heterocycles. The van der Waals surface area contributed by atoms with Gasteiger partial charge < -0.3 is 24.2 Å². The van der Waals surface area contributed by atoms with Gasteiger partial charge in [-0.15, -0.1) is 0 Å². The lowest BCUT2D eigenvalue weighted by molar-refractivity contribution is -0.384. The van der Waals surface area contributed by atoms with E-state index >= 15 is 0 Å². The number of carbonyl (C=O) groups is 2. The Kier molecular flexibility index (Phi) is 7.03. The standard InChI is InChI=1S/C21H22N2O8/c1-2-29-19(21(25)26)11-14-3-6-16(7-4-14)30-10-9-22-13-31-18-8-5-15(23(27)28)12-17(18)20(22)24/h3-8,12,19H,2,9-11,13H2,1H3,(H,25,26). The molecule has 0 radical (unpaired) electrons. The Bertz CT molecular complexity index is 960. The smallest absolute Gasteiger partial charge is 0.333 e. The highest BCUT2D eigenvalue weighted by molar-refractivity contribution is 5.98. The fraction of sp³-hybridized carbons (Fsp3) is 0.333. The number of nitro groups is 1. The summed E-state index contributed by atoms with van der Waals surface area (Å²) < 4.78 is 16.4. The highest BCUT2D eigenvalue weighted by Gasteiger charge is 2.27. The minimum absolute atomic E-state index is 0.0277. The predicted molar refractivity (Wildman–Crippen MR) is 108 cm³/mol. The van der Waals surface area contributed by atoms with Crippen LogP contribution >= 0.6 is 0 Å². The summed E-state index contributed by atoms with van der Waals surface area (Å²) in [6, 6.07) is 10.9. The van der Waals surface area contributed by atoms with Crippen molar-refractivity contribution < 1.29 is 33.8 Å². The first-order chi connectivity index (χ1) is 14.9. The van der Waals surface area contributed by atoms with E-state index in [1.807, 2.05) is 0 Å². The Balaban J connectivity index is 1.53. The van der Waals surface area contributed by atoms with Gasteiger partial charge >= 0.3 is 5.97 Å². The molecule has 1 aliphatic rings. The maximum atomic E-state index is 12.6. The van der Waals surface area contributed by atoms with Gasteiger partial charge in [0.25, 0.3) is 11.6 Å². The summed E-state index contributed by atoms with van der Waals surface area (Å²) >= 11 is 0. The van der Waals surface area contributed by atoms with E-state index in [2.05, 4.69) is 0 Å². The van der Waals surface area contributed by atoms with Crippen molar-refractivity contribution in [1.29, 1.82) is 0 Å². The lowest BCUT2D eigenvalue weighted by atomic mass is 10.1. The molecule has 0 aromatic heterocycles. The van der Waals surface area contributed by atoms with Crippen molar-refractivity contribution in [2.45, 2.75) is 19.4 Å². The Morgan fingerprint density at radius 3 is 2.68 bits per heavy atom. The molecule has 0 saturated carbocycles. The number of carboxylic acid groups (broad SMARTS) is 1. The second-order valence-corrected chi connectivity index (χ2v) is 6.76. The normalized spacial score (nSPS) is 13.8. The molecule has 10 heteroatoms. The van der Waals surface area contributed by atoms with Crippen LogP contribution in [0, 0.1) is 10.1 Å². The van der Waals surface area contributed by atoms with Crippen LogP contribution in [0.1, 0.15) is 22.8 Å². The molecule has 1 amide bonds. The summed E-state index contributed by atoms with van der Waals surface area (Å²) in [6.45, 7) is 2.50. The van der Waals surface area contributed by atoms with Crippen LogP contribution in [0.2, 0.25) is 0 Å². The number of hydrogen-bond acceptors (Lipinski definition) is 7. The Morgan fingerprint density at radius 2 is 2.03 bits per heavy atom. The first-order valence-electron chi connectivity index (χ1n) is 9.65. The Morgan fingerprint density at radius 1 is 1.29 bits per heavy atom. The number of carbonyl (C=O) groups excluding carboxylic acids is 1. The van der Waals surface area contributed by atoms with E-state index in [0.29, 0.717) is 18.1 Å². The molecule has 2 aromatic carbocycles. The second-order valence-electron chi connectivity index (χ2n) is 6.76. The third-order valence-electron chi connectivity index (χ3n) is 4.69. The van der Waals surface area contributed by atoms with Crippen molar-refractivity contribution in [3.05, 3.63) is 63.7 Å². The summed E-state index contributed by atoms with van der Waals surface area (Å²) in [4.78, 5) is 35.6. The van der Waals surface area contributed by atoms with Gasteiger partial charge in [-0.05, 0) is 30.7 Å². The molecule has 1 atom stereocenters. The minimum Gasteiger partial charge on any atom is -0.492 e. The summed E-state index contributed by atoms with van der Waals surface area (Å²) in [5, 5.41) is 20.1. The number of fused-ring (bicyclic) bond motifs is 1. The van der Waals surface area contributed by atoms with Crippen LogP contribution < -0.4 is 9.47 Å². The summed E-state index contributed by atoms with van der Waals surface area (Å²) in [5.41, 5.74) is 0.765. The van der Waals surface area contributed by atoms with Crippen LogP contribution in [0.3, 0.4) is 0 Å². The molecule has 2 aromatic rings. The number of non-ortho nitro benzene ring substituents is 1. The molecule has 0 fully saturated rings. The molecule has 0 aliphatic carbocycles. The topological polar surface area (TPSA) is 128 Å². The van der Waals surface area contributed by atoms with Crippen molar-refractivity contribution in [2.24, 2.45) is 0 Å². The largest absolute Gasteiger partial charge is 0.492 e. The van der Waals surface area contributed by atoms with Gasteiger partial charge in [0.15, 0.2) is 12.8 Å². The number of nitro benzene ring substituents is 1. The summed E-state index contributed by atoms with van der Waals surface area (Å²) in [6.07, 6.45) is -0.658.